The van der Waals surface area contributed by atoms with E-state index in [1.807, 2.05) is 18.2 Å². The van der Waals surface area contributed by atoms with Gasteiger partial charge in [-0.1, -0.05) is 18.2 Å². The van der Waals surface area contributed by atoms with E-state index in [1.54, 1.807) is 17.0 Å². The Kier molecular flexibility index (Phi) is 5.75. The number of aromatic carboxylic acids is 1. The maximum Gasteiger partial charge on any atom is 0.371 e. The first-order valence-corrected chi connectivity index (χ1v) is 8.73. The van der Waals surface area contributed by atoms with Gasteiger partial charge >= 0.3 is 12.0 Å². The fraction of sp³-hybridized carbons (Fsp3) is 0.316. The number of piperidine rings is 1. The third-order valence-electron chi connectivity index (χ3n) is 4.41. The Bertz CT molecular complexity index is 818. The number of para-hydroxylation sites is 1. The highest BCUT2D eigenvalue weighted by atomic mass is 16.4. The number of carboxylic acid groups (broad SMARTS) is 1. The van der Waals surface area contributed by atoms with Gasteiger partial charge in [0.2, 0.25) is 11.7 Å². The standard InChI is InChI=1S/C19H21N3O5/c23-17(20-11-15-8-9-16(27-15)18(24)25)13-5-4-10-22(12-13)19(26)21-14-6-2-1-3-7-14/h1-3,6-9,13H,4-5,10-12H2,(H,20,23)(H,21,26)(H,24,25). The van der Waals surface area contributed by atoms with Crippen LogP contribution >= 0.6 is 0 Å². The Morgan fingerprint density at radius 3 is 2.63 bits per heavy atom. The number of hydrogen-bond acceptors (Lipinski definition) is 4. The van der Waals surface area contributed by atoms with Gasteiger partial charge in [0.1, 0.15) is 5.76 Å². The number of likely N-dealkylation sites (tertiary alicyclic amines) is 1. The van der Waals surface area contributed by atoms with Crippen molar-refractivity contribution in [3.63, 3.8) is 0 Å². The summed E-state index contributed by atoms with van der Waals surface area (Å²) in [5.41, 5.74) is 0.709. The van der Waals surface area contributed by atoms with Crippen LogP contribution in [0.3, 0.4) is 0 Å². The molecular weight excluding hydrogens is 350 g/mol. The van der Waals surface area contributed by atoms with E-state index in [1.165, 1.54) is 12.1 Å². The molecule has 0 aliphatic carbocycles. The first-order valence-electron chi connectivity index (χ1n) is 8.73. The molecule has 0 radical (unpaired) electrons. The van der Waals surface area contributed by atoms with Crippen LogP contribution in [0.2, 0.25) is 0 Å². The van der Waals surface area contributed by atoms with Crippen LogP contribution in [0.5, 0.6) is 0 Å². The fourth-order valence-corrected chi connectivity index (χ4v) is 3.01. The largest absolute Gasteiger partial charge is 0.475 e. The van der Waals surface area contributed by atoms with Gasteiger partial charge in [0.15, 0.2) is 0 Å². The van der Waals surface area contributed by atoms with Crippen molar-refractivity contribution in [2.75, 3.05) is 18.4 Å². The Hall–Kier alpha value is -3.29. The number of carbonyl (C=O) groups excluding carboxylic acids is 2. The second-order valence-corrected chi connectivity index (χ2v) is 6.37. The third kappa shape index (κ3) is 4.87. The summed E-state index contributed by atoms with van der Waals surface area (Å²) in [6.07, 6.45) is 1.43. The lowest BCUT2D eigenvalue weighted by Gasteiger charge is -2.32. The number of amides is 3. The molecule has 3 N–H and O–H groups in total. The summed E-state index contributed by atoms with van der Waals surface area (Å²) < 4.78 is 5.12. The van der Waals surface area contributed by atoms with Gasteiger partial charge < -0.3 is 25.1 Å². The Morgan fingerprint density at radius 2 is 1.93 bits per heavy atom. The van der Waals surface area contributed by atoms with Crippen LogP contribution in [0.25, 0.3) is 0 Å². The predicted molar refractivity (Wildman–Crippen MR) is 97.3 cm³/mol. The maximum absolute atomic E-state index is 12.4. The number of hydrogen-bond donors (Lipinski definition) is 3. The minimum atomic E-state index is -1.15. The lowest BCUT2D eigenvalue weighted by molar-refractivity contribution is -0.126. The fourth-order valence-electron chi connectivity index (χ4n) is 3.01. The van der Waals surface area contributed by atoms with Crippen LogP contribution in [-0.2, 0) is 11.3 Å². The van der Waals surface area contributed by atoms with Crippen LogP contribution in [-0.4, -0.2) is 41.0 Å². The number of urea groups is 1. The molecule has 3 amide bonds. The number of nitrogens with zero attached hydrogens (tertiary/aromatic N) is 1. The molecule has 1 atom stereocenters. The van der Waals surface area contributed by atoms with Gasteiger partial charge in [-0.25, -0.2) is 9.59 Å². The number of carboxylic acids is 1. The second-order valence-electron chi connectivity index (χ2n) is 6.37. The first kappa shape index (κ1) is 18.5. The van der Waals surface area contributed by atoms with Crippen LogP contribution in [0.1, 0.15) is 29.2 Å². The second kappa shape index (κ2) is 8.39. The number of rotatable bonds is 5. The molecule has 0 bridgehead atoms. The average molecular weight is 371 g/mol. The van der Waals surface area contributed by atoms with Crippen LogP contribution < -0.4 is 10.6 Å². The number of furan rings is 1. The molecule has 1 aromatic carbocycles. The molecule has 2 aromatic rings. The maximum atomic E-state index is 12.4. The van der Waals surface area contributed by atoms with Crippen molar-refractivity contribution in [3.05, 3.63) is 54.0 Å². The van der Waals surface area contributed by atoms with Crippen molar-refractivity contribution in [3.8, 4) is 0 Å². The van der Waals surface area contributed by atoms with Gasteiger partial charge in [0.05, 0.1) is 12.5 Å². The van der Waals surface area contributed by atoms with Crippen LogP contribution in [0.15, 0.2) is 46.9 Å². The van der Waals surface area contributed by atoms with Gasteiger partial charge in [-0.05, 0) is 37.1 Å². The Morgan fingerprint density at radius 1 is 1.15 bits per heavy atom. The molecule has 8 nitrogen and oxygen atoms in total. The Balaban J connectivity index is 1.51. The molecule has 2 heterocycles. The molecule has 1 aliphatic rings. The smallest absolute Gasteiger partial charge is 0.371 e. The van der Waals surface area contributed by atoms with E-state index in [2.05, 4.69) is 10.6 Å². The van der Waals surface area contributed by atoms with Crippen molar-refractivity contribution >= 4 is 23.6 Å². The molecule has 1 fully saturated rings. The summed E-state index contributed by atoms with van der Waals surface area (Å²) in [6.45, 7) is 1.05. The highest BCUT2D eigenvalue weighted by Gasteiger charge is 2.28. The average Bonchev–Trinajstić information content (AvgIpc) is 3.16. The molecule has 3 rings (SSSR count). The van der Waals surface area contributed by atoms with E-state index < -0.39 is 5.97 Å². The quantitative estimate of drug-likeness (QED) is 0.748. The van der Waals surface area contributed by atoms with Crippen molar-refractivity contribution < 1.29 is 23.9 Å². The summed E-state index contributed by atoms with van der Waals surface area (Å²) in [7, 11) is 0. The SMILES string of the molecule is O=C(O)c1ccc(CNC(=O)C2CCCN(C(=O)Nc3ccccc3)C2)o1. The number of carbonyl (C=O) groups is 3. The van der Waals surface area contributed by atoms with Crippen molar-refractivity contribution in [1.82, 2.24) is 10.2 Å². The summed E-state index contributed by atoms with van der Waals surface area (Å²) in [4.78, 5) is 37.2. The van der Waals surface area contributed by atoms with Gasteiger partial charge in [0, 0.05) is 18.8 Å². The minimum absolute atomic E-state index is 0.110. The molecule has 1 saturated heterocycles. The number of nitrogens with one attached hydrogen (secondary N) is 2. The van der Waals surface area contributed by atoms with Gasteiger partial charge in [-0.2, -0.15) is 0 Å². The monoisotopic (exact) mass is 371 g/mol. The topological polar surface area (TPSA) is 112 Å². The predicted octanol–water partition coefficient (Wildman–Crippen LogP) is 2.54. The summed E-state index contributed by atoms with van der Waals surface area (Å²) >= 11 is 0. The van der Waals surface area contributed by atoms with Gasteiger partial charge in [-0.15, -0.1) is 0 Å². The van der Waals surface area contributed by atoms with Crippen molar-refractivity contribution in [1.29, 1.82) is 0 Å². The number of benzene rings is 1. The zero-order valence-corrected chi connectivity index (χ0v) is 14.7. The zero-order valence-electron chi connectivity index (χ0n) is 14.7. The normalized spacial score (nSPS) is 16.6. The summed E-state index contributed by atoms with van der Waals surface area (Å²) in [5.74, 6) is -1.44. The van der Waals surface area contributed by atoms with E-state index in [9.17, 15) is 14.4 Å². The summed E-state index contributed by atoms with van der Waals surface area (Å²) in [6, 6.07) is 11.8. The van der Waals surface area contributed by atoms with Crippen LogP contribution in [0, 0.1) is 5.92 Å². The molecule has 1 aliphatic heterocycles. The first-order chi connectivity index (χ1) is 13.0. The molecular formula is C19H21N3O5. The van der Waals surface area contributed by atoms with E-state index >= 15 is 0 Å². The zero-order chi connectivity index (χ0) is 19.2. The van der Waals surface area contributed by atoms with Crippen LogP contribution in [0.4, 0.5) is 10.5 Å². The molecule has 0 spiro atoms. The van der Waals surface area contributed by atoms with Gasteiger partial charge in [0.25, 0.3) is 0 Å². The van der Waals surface area contributed by atoms with E-state index in [4.69, 9.17) is 9.52 Å². The highest BCUT2D eigenvalue weighted by molar-refractivity contribution is 5.90. The lowest BCUT2D eigenvalue weighted by Crippen LogP contribution is -2.46. The summed E-state index contributed by atoms with van der Waals surface area (Å²) in [5, 5.41) is 14.4. The lowest BCUT2D eigenvalue weighted by atomic mass is 9.97. The van der Waals surface area contributed by atoms with Crippen molar-refractivity contribution in [2.45, 2.75) is 19.4 Å². The molecule has 8 heteroatoms. The van der Waals surface area contributed by atoms with E-state index in [0.29, 0.717) is 31.0 Å². The van der Waals surface area contributed by atoms with E-state index in [-0.39, 0.29) is 30.2 Å². The van der Waals surface area contributed by atoms with Gasteiger partial charge in [-0.3, -0.25) is 4.79 Å². The van der Waals surface area contributed by atoms with Crippen molar-refractivity contribution in [2.24, 2.45) is 5.92 Å². The molecule has 0 saturated carbocycles. The minimum Gasteiger partial charge on any atom is -0.475 e. The molecule has 1 unspecified atom stereocenters. The van der Waals surface area contributed by atoms with E-state index in [0.717, 1.165) is 6.42 Å². The molecule has 27 heavy (non-hydrogen) atoms. The third-order valence-corrected chi connectivity index (χ3v) is 4.41. The molecule has 1 aromatic heterocycles. The Labute approximate surface area is 156 Å². The highest BCUT2D eigenvalue weighted by Crippen LogP contribution is 2.18. The number of anilines is 1. The molecule has 142 valence electrons.